The smallest absolute Gasteiger partial charge is 0.309 e. The zero-order valence-corrected chi connectivity index (χ0v) is 12.2. The molecule has 0 aliphatic heterocycles. The Labute approximate surface area is 124 Å². The van der Waals surface area contributed by atoms with Crippen molar-refractivity contribution in [2.45, 2.75) is 12.5 Å². The molecule has 0 saturated heterocycles. The van der Waals surface area contributed by atoms with Gasteiger partial charge in [0.25, 0.3) is 0 Å². The van der Waals surface area contributed by atoms with Crippen molar-refractivity contribution < 1.29 is 4.92 Å². The minimum Gasteiger partial charge on any atom is -0.309 e. The molecule has 2 rings (SSSR count). The van der Waals surface area contributed by atoms with Crippen molar-refractivity contribution in [2.24, 2.45) is 0 Å². The highest BCUT2D eigenvalue weighted by molar-refractivity contribution is 9.09. The number of nitro groups is 1. The number of hydrogen-bond donors (Lipinski definition) is 0. The molecule has 0 aliphatic rings. The molecule has 0 fully saturated rings. The number of rotatable bonds is 5. The summed E-state index contributed by atoms with van der Waals surface area (Å²) in [6.45, 7) is 0.399. The van der Waals surface area contributed by atoms with E-state index in [9.17, 15) is 14.9 Å². The van der Waals surface area contributed by atoms with Crippen LogP contribution >= 0.6 is 15.9 Å². The van der Waals surface area contributed by atoms with Crippen LogP contribution in [-0.2, 0) is 6.54 Å². The highest BCUT2D eigenvalue weighted by Gasteiger charge is 2.17. The molecule has 0 N–H and O–H groups in total. The van der Waals surface area contributed by atoms with Gasteiger partial charge < -0.3 is 4.57 Å². The minimum absolute atomic E-state index is 0.0795. The molecule has 2 aromatic rings. The summed E-state index contributed by atoms with van der Waals surface area (Å²) in [7, 11) is 0. The van der Waals surface area contributed by atoms with Crippen LogP contribution in [0.1, 0.15) is 11.5 Å². The summed E-state index contributed by atoms with van der Waals surface area (Å²) in [6, 6.07) is 12.5. The van der Waals surface area contributed by atoms with Gasteiger partial charge in [0.1, 0.15) is 0 Å². The van der Waals surface area contributed by atoms with E-state index in [0.29, 0.717) is 11.9 Å². The lowest BCUT2D eigenvalue weighted by Gasteiger charge is -2.15. The van der Waals surface area contributed by atoms with Crippen LogP contribution in [0.5, 0.6) is 0 Å². The Kier molecular flexibility index (Phi) is 4.68. The maximum atomic E-state index is 12.0. The number of nitrogens with zero attached hydrogens (tertiary/aromatic N) is 2. The average Bonchev–Trinajstić information content (AvgIpc) is 2.47. The number of pyridine rings is 1. The van der Waals surface area contributed by atoms with Gasteiger partial charge in [-0.3, -0.25) is 14.9 Å². The van der Waals surface area contributed by atoms with Crippen molar-refractivity contribution in [1.82, 2.24) is 4.57 Å². The first-order valence-electron chi connectivity index (χ1n) is 6.08. The fourth-order valence-corrected chi connectivity index (χ4v) is 2.59. The lowest BCUT2D eigenvalue weighted by atomic mass is 10.0. The number of alkyl halides is 1. The van der Waals surface area contributed by atoms with Crippen molar-refractivity contribution >= 4 is 21.6 Å². The Hall–Kier alpha value is -1.95. The largest absolute Gasteiger partial charge is 0.334 e. The summed E-state index contributed by atoms with van der Waals surface area (Å²) >= 11 is 3.43. The summed E-state index contributed by atoms with van der Waals surface area (Å²) in [5, 5.41) is 11.5. The topological polar surface area (TPSA) is 65.1 Å². The van der Waals surface area contributed by atoms with E-state index in [4.69, 9.17) is 0 Å². The lowest BCUT2D eigenvalue weighted by Crippen LogP contribution is -2.25. The molecule has 0 saturated carbocycles. The highest BCUT2D eigenvalue weighted by atomic mass is 79.9. The number of halogens is 1. The SMILES string of the molecule is O=c1c([N+](=O)[O-])cccn1CC(CBr)c1ccccc1. The molecule has 1 unspecified atom stereocenters. The molecule has 1 heterocycles. The van der Waals surface area contributed by atoms with Gasteiger partial charge >= 0.3 is 11.2 Å². The van der Waals surface area contributed by atoms with E-state index in [1.54, 1.807) is 6.20 Å². The third-order valence-electron chi connectivity index (χ3n) is 3.07. The van der Waals surface area contributed by atoms with Crippen LogP contribution in [0.15, 0.2) is 53.5 Å². The zero-order valence-electron chi connectivity index (χ0n) is 10.6. The van der Waals surface area contributed by atoms with Gasteiger partial charge in [-0.15, -0.1) is 0 Å². The van der Waals surface area contributed by atoms with E-state index < -0.39 is 16.2 Å². The molecule has 0 radical (unpaired) electrons. The molecule has 1 aromatic carbocycles. The van der Waals surface area contributed by atoms with Gasteiger partial charge in [-0.1, -0.05) is 46.3 Å². The normalized spacial score (nSPS) is 12.1. The highest BCUT2D eigenvalue weighted by Crippen LogP contribution is 2.19. The molecule has 6 heteroatoms. The fourth-order valence-electron chi connectivity index (χ4n) is 2.01. The molecule has 1 aromatic heterocycles. The molecule has 20 heavy (non-hydrogen) atoms. The molecular weight excluding hydrogens is 324 g/mol. The van der Waals surface area contributed by atoms with Gasteiger partial charge in [-0.2, -0.15) is 0 Å². The monoisotopic (exact) mass is 336 g/mol. The third-order valence-corrected chi connectivity index (χ3v) is 3.85. The first kappa shape index (κ1) is 14.5. The first-order chi connectivity index (χ1) is 9.63. The van der Waals surface area contributed by atoms with Crippen molar-refractivity contribution in [3.05, 3.63) is 74.7 Å². The van der Waals surface area contributed by atoms with E-state index >= 15 is 0 Å². The van der Waals surface area contributed by atoms with Gasteiger partial charge in [0.2, 0.25) is 0 Å². The van der Waals surface area contributed by atoms with Crippen LogP contribution in [0.4, 0.5) is 5.69 Å². The molecular formula is C14H13BrN2O3. The second-order valence-electron chi connectivity index (χ2n) is 4.37. The van der Waals surface area contributed by atoms with E-state index in [-0.39, 0.29) is 5.92 Å². The summed E-state index contributed by atoms with van der Waals surface area (Å²) in [5.74, 6) is 0.0795. The van der Waals surface area contributed by atoms with Gasteiger partial charge in [-0.05, 0) is 11.6 Å². The lowest BCUT2D eigenvalue weighted by molar-refractivity contribution is -0.386. The van der Waals surface area contributed by atoms with Crippen LogP contribution in [0.3, 0.4) is 0 Å². The van der Waals surface area contributed by atoms with E-state index in [0.717, 1.165) is 5.56 Å². The summed E-state index contributed by atoms with van der Waals surface area (Å²) in [6.07, 6.45) is 1.58. The van der Waals surface area contributed by atoms with Crippen molar-refractivity contribution in [3.8, 4) is 0 Å². The van der Waals surface area contributed by atoms with Crippen molar-refractivity contribution in [1.29, 1.82) is 0 Å². The molecule has 5 nitrogen and oxygen atoms in total. The predicted octanol–water partition coefficient (Wildman–Crippen LogP) is 2.94. The molecule has 0 amide bonds. The van der Waals surface area contributed by atoms with Crippen LogP contribution in [-0.4, -0.2) is 14.8 Å². The van der Waals surface area contributed by atoms with E-state index in [2.05, 4.69) is 15.9 Å². The molecule has 0 bridgehead atoms. The van der Waals surface area contributed by atoms with E-state index in [1.807, 2.05) is 30.3 Å². The quantitative estimate of drug-likeness (QED) is 0.479. The Balaban J connectivity index is 2.32. The maximum absolute atomic E-state index is 12.0. The molecule has 0 aliphatic carbocycles. The van der Waals surface area contributed by atoms with Crippen molar-refractivity contribution in [2.75, 3.05) is 5.33 Å². The van der Waals surface area contributed by atoms with Gasteiger partial charge in [0.15, 0.2) is 0 Å². The average molecular weight is 337 g/mol. The van der Waals surface area contributed by atoms with E-state index in [1.165, 1.54) is 16.7 Å². The minimum atomic E-state index is -0.648. The Morgan fingerprint density at radius 1 is 1.20 bits per heavy atom. The summed E-state index contributed by atoms with van der Waals surface area (Å²) < 4.78 is 1.39. The van der Waals surface area contributed by atoms with Crippen LogP contribution in [0.25, 0.3) is 0 Å². The van der Waals surface area contributed by atoms with Crippen LogP contribution < -0.4 is 5.56 Å². The maximum Gasteiger partial charge on any atom is 0.334 e. The molecule has 1 atom stereocenters. The molecule has 104 valence electrons. The Morgan fingerprint density at radius 2 is 1.90 bits per heavy atom. The number of hydrogen-bond acceptors (Lipinski definition) is 3. The summed E-state index contributed by atoms with van der Waals surface area (Å²) in [4.78, 5) is 22.1. The van der Waals surface area contributed by atoms with Gasteiger partial charge in [-0.25, -0.2) is 0 Å². The second kappa shape index (κ2) is 6.47. The number of aromatic nitrogens is 1. The van der Waals surface area contributed by atoms with Crippen LogP contribution in [0, 0.1) is 10.1 Å². The van der Waals surface area contributed by atoms with Crippen LogP contribution in [0.2, 0.25) is 0 Å². The zero-order chi connectivity index (χ0) is 14.5. The molecule has 0 spiro atoms. The fraction of sp³-hybridized carbons (Fsp3) is 0.214. The Bertz CT molecular complexity index is 655. The van der Waals surface area contributed by atoms with Gasteiger partial charge in [0.05, 0.1) is 4.92 Å². The van der Waals surface area contributed by atoms with Crippen molar-refractivity contribution in [3.63, 3.8) is 0 Å². The Morgan fingerprint density at radius 3 is 2.50 bits per heavy atom. The second-order valence-corrected chi connectivity index (χ2v) is 5.02. The standard InChI is InChI=1S/C14H13BrN2O3/c15-9-12(11-5-2-1-3-6-11)10-16-8-4-7-13(14(16)18)17(19)20/h1-8,12H,9-10H2. The third kappa shape index (κ3) is 3.14. The number of benzene rings is 1. The predicted molar refractivity (Wildman–Crippen MR) is 80.3 cm³/mol. The summed E-state index contributed by atoms with van der Waals surface area (Å²) in [5.41, 5.74) is 0.121. The van der Waals surface area contributed by atoms with Gasteiger partial charge in [0, 0.05) is 30.1 Å². The first-order valence-corrected chi connectivity index (χ1v) is 7.20.